The molecule has 0 aromatic heterocycles. The largest absolute Gasteiger partial charge is 0.472 e. The van der Waals surface area contributed by atoms with Crippen LogP contribution in [0.1, 0.15) is 5.56 Å². The van der Waals surface area contributed by atoms with Crippen LogP contribution in [-0.2, 0) is 0 Å². The van der Waals surface area contributed by atoms with Gasteiger partial charge in [-0.05, 0) is 18.2 Å². The number of allylic oxidation sites excluding steroid dienone is 2. The van der Waals surface area contributed by atoms with Crippen molar-refractivity contribution in [2.24, 2.45) is 0 Å². The average Bonchev–Trinajstić information content (AvgIpc) is 2.29. The molecule has 1 aromatic carbocycles. The molecular weight excluding hydrogens is 174 g/mol. The van der Waals surface area contributed by atoms with Crippen LogP contribution in [-0.4, -0.2) is 18.2 Å². The number of nitrogens with zero attached hydrogens (tertiary/aromatic N) is 1. The fourth-order valence-corrected chi connectivity index (χ4v) is 1.88. The Morgan fingerprint density at radius 1 is 1.21 bits per heavy atom. The molecule has 0 saturated carbocycles. The molecule has 2 heteroatoms. The van der Waals surface area contributed by atoms with E-state index in [-0.39, 0.29) is 0 Å². The predicted octanol–water partition coefficient (Wildman–Crippen LogP) is 2.25. The molecule has 14 heavy (non-hydrogen) atoms. The molecular formula is C12H11NO. The van der Waals surface area contributed by atoms with Crippen LogP contribution in [0.4, 0.5) is 0 Å². The average molecular weight is 185 g/mol. The van der Waals surface area contributed by atoms with Crippen molar-refractivity contribution in [3.05, 3.63) is 48.1 Å². The molecule has 0 N–H and O–H groups in total. The van der Waals surface area contributed by atoms with Crippen LogP contribution in [0.25, 0.3) is 5.70 Å². The van der Waals surface area contributed by atoms with E-state index >= 15 is 0 Å². The van der Waals surface area contributed by atoms with Crippen molar-refractivity contribution in [2.45, 2.75) is 0 Å². The number of benzene rings is 1. The molecule has 0 radical (unpaired) electrons. The number of hydrogen-bond acceptors (Lipinski definition) is 2. The second-order valence-electron chi connectivity index (χ2n) is 3.47. The van der Waals surface area contributed by atoms with Crippen molar-refractivity contribution in [3.63, 3.8) is 0 Å². The van der Waals surface area contributed by atoms with Crippen LogP contribution in [0.15, 0.2) is 42.5 Å². The smallest absolute Gasteiger partial charge is 0.161 e. The number of para-hydroxylation sites is 1. The van der Waals surface area contributed by atoms with Crippen molar-refractivity contribution >= 4 is 5.70 Å². The van der Waals surface area contributed by atoms with Gasteiger partial charge < -0.3 is 9.64 Å². The third kappa shape index (κ3) is 1.04. The van der Waals surface area contributed by atoms with Gasteiger partial charge >= 0.3 is 0 Å². The van der Waals surface area contributed by atoms with Crippen molar-refractivity contribution in [2.75, 3.05) is 13.3 Å². The van der Waals surface area contributed by atoms with Gasteiger partial charge in [0.1, 0.15) is 5.75 Å². The Balaban J connectivity index is 2.15. The van der Waals surface area contributed by atoms with Gasteiger partial charge in [0.25, 0.3) is 0 Å². The molecule has 3 rings (SSSR count). The summed E-state index contributed by atoms with van der Waals surface area (Å²) in [6, 6.07) is 8.18. The fourth-order valence-electron chi connectivity index (χ4n) is 1.88. The lowest BCUT2D eigenvalue weighted by Gasteiger charge is -2.33. The van der Waals surface area contributed by atoms with Crippen molar-refractivity contribution < 1.29 is 4.74 Å². The molecule has 1 aromatic rings. The van der Waals surface area contributed by atoms with Crippen molar-refractivity contribution in [1.29, 1.82) is 0 Å². The molecule has 0 unspecified atom stereocenters. The molecule has 70 valence electrons. The van der Waals surface area contributed by atoms with Crippen LogP contribution < -0.4 is 4.74 Å². The van der Waals surface area contributed by atoms with E-state index in [2.05, 4.69) is 29.2 Å². The molecule has 0 atom stereocenters. The highest BCUT2D eigenvalue weighted by molar-refractivity contribution is 5.72. The van der Waals surface area contributed by atoms with E-state index in [1.807, 2.05) is 18.2 Å². The first kappa shape index (κ1) is 7.68. The molecule has 0 saturated heterocycles. The maximum absolute atomic E-state index is 5.64. The summed E-state index contributed by atoms with van der Waals surface area (Å²) in [5.41, 5.74) is 2.47. The Morgan fingerprint density at radius 3 is 3.14 bits per heavy atom. The van der Waals surface area contributed by atoms with Gasteiger partial charge in [0.15, 0.2) is 6.73 Å². The topological polar surface area (TPSA) is 12.5 Å². The van der Waals surface area contributed by atoms with Gasteiger partial charge in [-0.25, -0.2) is 0 Å². The second kappa shape index (κ2) is 2.91. The van der Waals surface area contributed by atoms with Crippen LogP contribution in [0.2, 0.25) is 0 Å². The van der Waals surface area contributed by atoms with Crippen LogP contribution in [0, 0.1) is 0 Å². The van der Waals surface area contributed by atoms with Crippen LogP contribution >= 0.6 is 0 Å². The summed E-state index contributed by atoms with van der Waals surface area (Å²) in [6.07, 6.45) is 6.39. The minimum atomic E-state index is 0.660. The van der Waals surface area contributed by atoms with Crippen molar-refractivity contribution in [3.8, 4) is 5.75 Å². The standard InChI is InChI=1S/C12H11NO/c1-2-7-12-10(5-1)11-6-3-4-8-13(11)9-14-12/h1-7H,8-9H2. The molecule has 2 heterocycles. The maximum Gasteiger partial charge on any atom is 0.161 e. The summed E-state index contributed by atoms with van der Waals surface area (Å²) in [6.45, 7) is 1.60. The number of ether oxygens (including phenoxy) is 1. The Bertz CT molecular complexity index is 420. The summed E-state index contributed by atoms with van der Waals surface area (Å²) in [7, 11) is 0. The number of fused-ring (bicyclic) bond motifs is 3. The van der Waals surface area contributed by atoms with E-state index in [0.717, 1.165) is 12.3 Å². The lowest BCUT2D eigenvalue weighted by atomic mass is 10.1. The van der Waals surface area contributed by atoms with E-state index in [1.165, 1.54) is 11.3 Å². The zero-order valence-corrected chi connectivity index (χ0v) is 7.81. The monoisotopic (exact) mass is 185 g/mol. The molecule has 0 bridgehead atoms. The number of rotatable bonds is 0. The third-order valence-electron chi connectivity index (χ3n) is 2.60. The second-order valence-corrected chi connectivity index (χ2v) is 3.47. The minimum Gasteiger partial charge on any atom is -0.472 e. The molecule has 2 aliphatic heterocycles. The van der Waals surface area contributed by atoms with Gasteiger partial charge in [0, 0.05) is 12.1 Å². The Hall–Kier alpha value is -1.70. The third-order valence-corrected chi connectivity index (χ3v) is 2.60. The van der Waals surface area contributed by atoms with E-state index < -0.39 is 0 Å². The van der Waals surface area contributed by atoms with Crippen LogP contribution in [0.5, 0.6) is 5.75 Å². The van der Waals surface area contributed by atoms with E-state index in [4.69, 9.17) is 4.74 Å². The highest BCUT2D eigenvalue weighted by Gasteiger charge is 2.21. The first-order valence-electron chi connectivity index (χ1n) is 4.79. The van der Waals surface area contributed by atoms with Gasteiger partial charge in [-0.3, -0.25) is 0 Å². The lowest BCUT2D eigenvalue weighted by Crippen LogP contribution is -2.32. The molecule has 0 fully saturated rings. The normalized spacial score (nSPS) is 18.0. The predicted molar refractivity (Wildman–Crippen MR) is 55.8 cm³/mol. The van der Waals surface area contributed by atoms with Gasteiger partial charge in [-0.2, -0.15) is 0 Å². The molecule has 0 spiro atoms. The van der Waals surface area contributed by atoms with E-state index in [9.17, 15) is 0 Å². The summed E-state index contributed by atoms with van der Waals surface area (Å²) in [4.78, 5) is 2.22. The molecule has 2 nitrogen and oxygen atoms in total. The fraction of sp³-hybridized carbons (Fsp3) is 0.167. The highest BCUT2D eigenvalue weighted by Crippen LogP contribution is 2.33. The summed E-state index contributed by atoms with van der Waals surface area (Å²) < 4.78 is 5.64. The first-order valence-corrected chi connectivity index (χ1v) is 4.79. The van der Waals surface area contributed by atoms with Gasteiger partial charge in [-0.1, -0.05) is 24.3 Å². The Kier molecular flexibility index (Phi) is 1.60. The molecule has 2 aliphatic rings. The molecule has 0 amide bonds. The SMILES string of the molecule is C1=CCN2COc3ccccc3C2=C1. The summed E-state index contributed by atoms with van der Waals surface area (Å²) >= 11 is 0. The zero-order valence-electron chi connectivity index (χ0n) is 7.81. The summed E-state index contributed by atoms with van der Waals surface area (Å²) in [5.74, 6) is 0.991. The van der Waals surface area contributed by atoms with Crippen molar-refractivity contribution in [1.82, 2.24) is 4.90 Å². The number of hydrogen-bond donors (Lipinski definition) is 0. The molecule has 0 aliphatic carbocycles. The maximum atomic E-state index is 5.64. The van der Waals surface area contributed by atoms with E-state index in [1.54, 1.807) is 0 Å². The Morgan fingerprint density at radius 2 is 2.14 bits per heavy atom. The van der Waals surface area contributed by atoms with Gasteiger partial charge in [-0.15, -0.1) is 0 Å². The first-order chi connectivity index (χ1) is 6.95. The minimum absolute atomic E-state index is 0.660. The zero-order chi connectivity index (χ0) is 9.38. The van der Waals surface area contributed by atoms with Gasteiger partial charge in [0.05, 0.1) is 5.70 Å². The highest BCUT2D eigenvalue weighted by atomic mass is 16.5. The van der Waals surface area contributed by atoms with Crippen LogP contribution in [0.3, 0.4) is 0 Å². The van der Waals surface area contributed by atoms with E-state index in [0.29, 0.717) is 6.73 Å². The Labute approximate surface area is 83.1 Å². The van der Waals surface area contributed by atoms with Gasteiger partial charge in [0.2, 0.25) is 0 Å². The lowest BCUT2D eigenvalue weighted by molar-refractivity contribution is 0.178. The quantitative estimate of drug-likeness (QED) is 0.614. The summed E-state index contributed by atoms with van der Waals surface area (Å²) in [5, 5.41) is 0.